The number of hydrogen-bond acceptors (Lipinski definition) is 6. The van der Waals surface area contributed by atoms with Crippen LogP contribution >= 0.6 is 11.6 Å². The molecule has 0 radical (unpaired) electrons. The van der Waals surface area contributed by atoms with Gasteiger partial charge in [0.2, 0.25) is 0 Å². The molecule has 33 heavy (non-hydrogen) atoms. The lowest BCUT2D eigenvalue weighted by Gasteiger charge is -2.61. The van der Waals surface area contributed by atoms with E-state index in [4.69, 9.17) is 25.3 Å². The van der Waals surface area contributed by atoms with Crippen LogP contribution in [0.4, 0.5) is 0 Å². The predicted octanol–water partition coefficient (Wildman–Crippen LogP) is 3.58. The van der Waals surface area contributed by atoms with Gasteiger partial charge in [-0.25, -0.2) is 0 Å². The van der Waals surface area contributed by atoms with Gasteiger partial charge in [0, 0.05) is 11.6 Å². The Morgan fingerprint density at radius 1 is 1.18 bits per heavy atom. The minimum atomic E-state index is -4.00. The lowest BCUT2D eigenvalue weighted by Crippen LogP contribution is -2.73. The monoisotopic (exact) mass is 487 g/mol. The summed E-state index contributed by atoms with van der Waals surface area (Å²) in [6.45, 7) is 2.74. The average molecular weight is 488 g/mol. The molecular formula is C25H26ClNO5S. The standard InChI is InChI=1S/C25H26ClNO5S/c1-15-4-7-17(8-5-15)33(28,29)32-19-10-11-25(26)20-14-16-6-9-18(30-3)22-21(16)24(25,23(19)31-22)12-13-27(20)2/h4-11,19-20,23H,12-14H2,1-3H3/t19-,20+,23-,24-,25+/m0/s1. The van der Waals surface area contributed by atoms with Crippen molar-refractivity contribution in [3.8, 4) is 11.5 Å². The number of likely N-dealkylation sites (N-methyl/N-ethyl adjacent to an activating group) is 1. The normalized spacial score (nSPS) is 34.0. The number of benzene rings is 2. The molecule has 0 unspecified atom stereocenters. The number of halogens is 1. The molecule has 174 valence electrons. The van der Waals surface area contributed by atoms with Crippen molar-refractivity contribution in [3.05, 3.63) is 65.2 Å². The lowest BCUT2D eigenvalue weighted by atomic mass is 9.52. The quantitative estimate of drug-likeness (QED) is 0.373. The van der Waals surface area contributed by atoms with Crippen LogP contribution in [0.1, 0.15) is 23.1 Å². The van der Waals surface area contributed by atoms with Gasteiger partial charge in [-0.3, -0.25) is 4.18 Å². The predicted molar refractivity (Wildman–Crippen MR) is 125 cm³/mol. The first kappa shape index (κ1) is 21.5. The fourth-order valence-corrected chi connectivity index (χ4v) is 8.00. The Balaban J connectivity index is 1.50. The summed E-state index contributed by atoms with van der Waals surface area (Å²) < 4.78 is 44.4. The van der Waals surface area contributed by atoms with Gasteiger partial charge >= 0.3 is 0 Å². The lowest BCUT2D eigenvalue weighted by molar-refractivity contribution is -0.0256. The summed E-state index contributed by atoms with van der Waals surface area (Å²) in [5.41, 5.74) is 2.60. The number of ether oxygens (including phenoxy) is 2. The molecule has 1 spiro atoms. The van der Waals surface area contributed by atoms with E-state index >= 15 is 0 Å². The van der Waals surface area contributed by atoms with Gasteiger partial charge in [0.05, 0.1) is 22.3 Å². The summed E-state index contributed by atoms with van der Waals surface area (Å²) in [5, 5.41) is 0. The molecule has 4 aliphatic rings. The molecule has 5 atom stereocenters. The van der Waals surface area contributed by atoms with Gasteiger partial charge < -0.3 is 14.4 Å². The Morgan fingerprint density at radius 3 is 2.67 bits per heavy atom. The van der Waals surface area contributed by atoms with Crippen molar-refractivity contribution in [1.29, 1.82) is 0 Å². The fraction of sp³-hybridized carbons (Fsp3) is 0.440. The SMILES string of the molecule is COc1ccc2c3c1O[C@H]1[C@@H](OS(=O)(=O)c4ccc(C)cc4)C=C[C@@]4(Cl)[C@@H](C2)N(C)CC[C@]314. The van der Waals surface area contributed by atoms with Gasteiger partial charge in [-0.15, -0.1) is 11.6 Å². The van der Waals surface area contributed by atoms with E-state index in [0.717, 1.165) is 30.5 Å². The van der Waals surface area contributed by atoms with Gasteiger partial charge in [0.1, 0.15) is 12.2 Å². The highest BCUT2D eigenvalue weighted by Gasteiger charge is 2.71. The number of methoxy groups -OCH3 is 1. The minimum absolute atomic E-state index is 0.0665. The van der Waals surface area contributed by atoms with Crippen molar-refractivity contribution < 1.29 is 22.1 Å². The third kappa shape index (κ3) is 2.71. The molecule has 2 aliphatic carbocycles. The van der Waals surface area contributed by atoms with Crippen LogP contribution in [-0.2, 0) is 26.1 Å². The van der Waals surface area contributed by atoms with Gasteiger partial charge in [0.25, 0.3) is 10.1 Å². The van der Waals surface area contributed by atoms with Crippen LogP contribution in [-0.4, -0.2) is 57.1 Å². The number of aryl methyl sites for hydroxylation is 1. The molecular weight excluding hydrogens is 462 g/mol. The Labute approximate surface area is 199 Å². The second-order valence-electron chi connectivity index (χ2n) is 9.55. The van der Waals surface area contributed by atoms with Crippen molar-refractivity contribution in [3.63, 3.8) is 0 Å². The molecule has 2 heterocycles. The first-order valence-corrected chi connectivity index (χ1v) is 13.0. The van der Waals surface area contributed by atoms with Gasteiger partial charge in [-0.1, -0.05) is 35.9 Å². The zero-order chi connectivity index (χ0) is 23.2. The first-order valence-electron chi connectivity index (χ1n) is 11.2. The summed E-state index contributed by atoms with van der Waals surface area (Å²) in [7, 11) is -0.293. The van der Waals surface area contributed by atoms with Crippen LogP contribution in [0.3, 0.4) is 0 Å². The molecule has 0 amide bonds. The number of likely N-dealkylation sites (tertiary alicyclic amines) is 1. The van der Waals surface area contributed by atoms with Crippen molar-refractivity contribution in [2.75, 3.05) is 20.7 Å². The highest BCUT2D eigenvalue weighted by atomic mass is 35.5. The van der Waals surface area contributed by atoms with E-state index in [1.54, 1.807) is 37.5 Å². The van der Waals surface area contributed by atoms with Crippen LogP contribution in [0.25, 0.3) is 0 Å². The van der Waals surface area contributed by atoms with E-state index in [1.165, 1.54) is 5.56 Å². The molecule has 1 fully saturated rings. The summed E-state index contributed by atoms with van der Waals surface area (Å²) in [4.78, 5) is 1.69. The van der Waals surface area contributed by atoms with E-state index in [-0.39, 0.29) is 10.9 Å². The van der Waals surface area contributed by atoms with Crippen molar-refractivity contribution >= 4 is 21.7 Å². The second kappa shape index (κ2) is 6.98. The van der Waals surface area contributed by atoms with Gasteiger partial charge in [0.15, 0.2) is 11.5 Å². The summed E-state index contributed by atoms with van der Waals surface area (Å²) in [6, 6.07) is 10.7. The number of rotatable bonds is 4. The zero-order valence-electron chi connectivity index (χ0n) is 18.7. The molecule has 8 heteroatoms. The van der Waals surface area contributed by atoms with E-state index < -0.39 is 32.6 Å². The molecule has 2 aromatic rings. The molecule has 0 saturated carbocycles. The molecule has 6 nitrogen and oxygen atoms in total. The van der Waals surface area contributed by atoms with E-state index in [2.05, 4.69) is 18.0 Å². The summed E-state index contributed by atoms with van der Waals surface area (Å²) in [6.07, 6.45) is 3.87. The number of alkyl halides is 1. The third-order valence-electron chi connectivity index (χ3n) is 7.95. The summed E-state index contributed by atoms with van der Waals surface area (Å²) in [5.74, 6) is 1.30. The Morgan fingerprint density at radius 2 is 1.94 bits per heavy atom. The number of nitrogens with zero attached hydrogens (tertiary/aromatic N) is 1. The largest absolute Gasteiger partial charge is 0.493 e. The Kier molecular flexibility index (Phi) is 4.54. The summed E-state index contributed by atoms with van der Waals surface area (Å²) >= 11 is 7.50. The molecule has 0 aromatic heterocycles. The van der Waals surface area contributed by atoms with Crippen LogP contribution in [0.15, 0.2) is 53.4 Å². The average Bonchev–Trinajstić information content (AvgIpc) is 3.14. The van der Waals surface area contributed by atoms with Gasteiger partial charge in [-0.2, -0.15) is 8.42 Å². The molecule has 2 aliphatic heterocycles. The van der Waals surface area contributed by atoms with Crippen LogP contribution in [0.5, 0.6) is 11.5 Å². The Bertz CT molecular complexity index is 1280. The van der Waals surface area contributed by atoms with E-state index in [9.17, 15) is 8.42 Å². The Hall–Kier alpha value is -2.06. The van der Waals surface area contributed by atoms with Crippen LogP contribution < -0.4 is 9.47 Å². The highest BCUT2D eigenvalue weighted by molar-refractivity contribution is 7.86. The van der Waals surface area contributed by atoms with Crippen molar-refractivity contribution in [2.24, 2.45) is 0 Å². The van der Waals surface area contributed by atoms with Crippen LogP contribution in [0.2, 0.25) is 0 Å². The van der Waals surface area contributed by atoms with E-state index in [1.807, 2.05) is 19.1 Å². The second-order valence-corrected chi connectivity index (χ2v) is 11.7. The van der Waals surface area contributed by atoms with Crippen molar-refractivity contribution in [1.82, 2.24) is 4.90 Å². The number of hydrogen-bond donors (Lipinski definition) is 0. The smallest absolute Gasteiger partial charge is 0.297 e. The molecule has 0 N–H and O–H groups in total. The topological polar surface area (TPSA) is 65.1 Å². The highest BCUT2D eigenvalue weighted by Crippen LogP contribution is 2.66. The maximum atomic E-state index is 13.2. The molecule has 2 bridgehead atoms. The fourth-order valence-electron chi connectivity index (χ4n) is 6.35. The van der Waals surface area contributed by atoms with Gasteiger partial charge in [-0.05, 0) is 57.1 Å². The first-order chi connectivity index (χ1) is 15.7. The van der Waals surface area contributed by atoms with Crippen LogP contribution in [0, 0.1) is 6.92 Å². The molecule has 6 rings (SSSR count). The van der Waals surface area contributed by atoms with E-state index in [0.29, 0.717) is 11.5 Å². The maximum Gasteiger partial charge on any atom is 0.297 e. The number of piperidine rings is 1. The van der Waals surface area contributed by atoms with Crippen molar-refractivity contribution in [2.45, 2.75) is 53.2 Å². The zero-order valence-corrected chi connectivity index (χ0v) is 20.3. The third-order valence-corrected chi connectivity index (χ3v) is 9.99. The minimum Gasteiger partial charge on any atom is -0.493 e. The molecule has 1 saturated heterocycles. The molecule has 2 aromatic carbocycles. The maximum absolute atomic E-state index is 13.2.